The van der Waals surface area contributed by atoms with Gasteiger partial charge in [-0.3, -0.25) is 0 Å². The average Bonchev–Trinajstić information content (AvgIpc) is 2.89. The molecule has 1 unspecified atom stereocenters. The summed E-state index contributed by atoms with van der Waals surface area (Å²) in [4.78, 5) is 6.78. The highest BCUT2D eigenvalue weighted by molar-refractivity contribution is 5.79. The summed E-state index contributed by atoms with van der Waals surface area (Å²) in [5.41, 5.74) is 7.93. The normalized spacial score (nSPS) is 15.0. The lowest BCUT2D eigenvalue weighted by Gasteiger charge is -2.28. The second kappa shape index (κ2) is 7.09. The first-order valence-electron chi connectivity index (χ1n) is 9.00. The number of likely N-dealkylation sites (N-methyl/N-ethyl adjacent to an activating group) is 1. The molecule has 3 nitrogen and oxygen atoms in total. The van der Waals surface area contributed by atoms with Gasteiger partial charge in [-0.1, -0.05) is 29.8 Å². The van der Waals surface area contributed by atoms with Crippen molar-refractivity contribution < 1.29 is 0 Å². The first kappa shape index (κ1) is 17.8. The van der Waals surface area contributed by atoms with Crippen LogP contribution in [0.15, 0.2) is 36.4 Å². The fourth-order valence-corrected chi connectivity index (χ4v) is 3.82. The highest BCUT2D eigenvalue weighted by Crippen LogP contribution is 2.40. The Morgan fingerprint density at radius 1 is 1.00 bits per heavy atom. The Morgan fingerprint density at radius 3 is 2.20 bits per heavy atom. The summed E-state index contributed by atoms with van der Waals surface area (Å²) >= 11 is 0. The number of fused-ring (bicyclic) bond motifs is 1. The third kappa shape index (κ3) is 3.67. The Balaban J connectivity index is 1.89. The van der Waals surface area contributed by atoms with Gasteiger partial charge in [-0.05, 0) is 70.6 Å². The molecule has 2 radical (unpaired) electrons. The topological polar surface area (TPSA) is 9.72 Å². The maximum Gasteiger partial charge on any atom is 0.209 e. The third-order valence-electron chi connectivity index (χ3n) is 4.89. The number of hydrogen-bond acceptors (Lipinski definition) is 3. The summed E-state index contributed by atoms with van der Waals surface area (Å²) in [6.07, 6.45) is 0. The van der Waals surface area contributed by atoms with Crippen LogP contribution in [-0.4, -0.2) is 31.6 Å². The highest BCUT2D eigenvalue weighted by Gasteiger charge is 2.31. The molecule has 2 aromatic rings. The molecule has 1 aliphatic heterocycles. The fraction of sp³-hybridized carbons (Fsp3) is 0.409. The zero-order valence-electron chi connectivity index (χ0n) is 16.3. The monoisotopic (exact) mass is 335 g/mol. The molecule has 0 fully saturated rings. The summed E-state index contributed by atoms with van der Waals surface area (Å²) < 4.78 is 0. The van der Waals surface area contributed by atoms with Crippen molar-refractivity contribution in [2.75, 3.05) is 30.4 Å². The molecule has 0 saturated heterocycles. The highest BCUT2D eigenvalue weighted by atomic mass is 15.4. The van der Waals surface area contributed by atoms with Crippen LogP contribution in [0.1, 0.15) is 29.2 Å². The van der Waals surface area contributed by atoms with Crippen molar-refractivity contribution in [3.63, 3.8) is 0 Å². The van der Waals surface area contributed by atoms with Gasteiger partial charge in [0.1, 0.15) is 0 Å². The van der Waals surface area contributed by atoms with E-state index in [2.05, 4.69) is 99.6 Å². The zero-order valence-corrected chi connectivity index (χ0v) is 16.3. The van der Waals surface area contributed by atoms with Crippen LogP contribution in [0.2, 0.25) is 0 Å². The average molecular weight is 335 g/mol. The van der Waals surface area contributed by atoms with Gasteiger partial charge in [-0.25, -0.2) is 0 Å². The third-order valence-corrected chi connectivity index (χ3v) is 4.89. The Kier molecular flexibility index (Phi) is 5.05. The molecule has 3 rings (SSSR count). The van der Waals surface area contributed by atoms with Gasteiger partial charge in [0, 0.05) is 19.1 Å². The summed E-state index contributed by atoms with van der Waals surface area (Å²) in [5, 5.41) is 0. The molecule has 2 aromatic carbocycles. The van der Waals surface area contributed by atoms with E-state index in [1.165, 1.54) is 33.6 Å². The van der Waals surface area contributed by atoms with Crippen molar-refractivity contribution in [2.45, 2.75) is 40.3 Å². The molecule has 0 spiro atoms. The Hall–Kier alpha value is -2.00. The summed E-state index contributed by atoms with van der Waals surface area (Å²) in [7, 11) is 4.24. The molecule has 1 atom stereocenters. The molecule has 0 bridgehead atoms. The molecular formula is C22H29N3. The maximum absolute atomic E-state index is 3.62. The predicted molar refractivity (Wildman–Crippen MR) is 107 cm³/mol. The quantitative estimate of drug-likeness (QED) is 0.802. The number of para-hydroxylation sites is 2. The number of nitrogens with zero attached hydrogens (tertiary/aromatic N) is 3. The summed E-state index contributed by atoms with van der Waals surface area (Å²) in [5.74, 6) is 0. The second-order valence-corrected chi connectivity index (χ2v) is 7.53. The lowest BCUT2D eigenvalue weighted by molar-refractivity contribution is 0.377. The molecule has 1 aliphatic rings. The van der Waals surface area contributed by atoms with Crippen LogP contribution >= 0.6 is 0 Å². The number of benzene rings is 2. The molecule has 0 amide bonds. The van der Waals surface area contributed by atoms with Crippen LogP contribution in [0.3, 0.4) is 0 Å². The zero-order chi connectivity index (χ0) is 18.1. The van der Waals surface area contributed by atoms with Gasteiger partial charge >= 0.3 is 0 Å². The SMILES string of the molecule is Cc1cc(C)c(CN2[C]N(C(C)CN(C)C)c3ccccc32)c(C)c1. The maximum atomic E-state index is 3.62. The molecular weight excluding hydrogens is 306 g/mol. The van der Waals surface area contributed by atoms with Crippen molar-refractivity contribution in [1.82, 2.24) is 4.90 Å². The van der Waals surface area contributed by atoms with Crippen LogP contribution in [0.25, 0.3) is 0 Å². The fourth-order valence-electron chi connectivity index (χ4n) is 3.82. The van der Waals surface area contributed by atoms with E-state index in [4.69, 9.17) is 0 Å². The number of hydrogen-bond donors (Lipinski definition) is 0. The Bertz CT molecular complexity index is 728. The van der Waals surface area contributed by atoms with E-state index in [1.807, 2.05) is 0 Å². The molecule has 1 heterocycles. The van der Waals surface area contributed by atoms with E-state index in [0.717, 1.165) is 13.1 Å². The second-order valence-electron chi connectivity index (χ2n) is 7.53. The summed E-state index contributed by atoms with van der Waals surface area (Å²) in [6.45, 7) is 14.3. The first-order valence-corrected chi connectivity index (χ1v) is 9.00. The van der Waals surface area contributed by atoms with E-state index in [1.54, 1.807) is 0 Å². The van der Waals surface area contributed by atoms with E-state index in [0.29, 0.717) is 6.04 Å². The van der Waals surface area contributed by atoms with Gasteiger partial charge in [0.25, 0.3) is 0 Å². The van der Waals surface area contributed by atoms with Crippen LogP contribution < -0.4 is 9.80 Å². The molecule has 3 heteroatoms. The van der Waals surface area contributed by atoms with Crippen molar-refractivity contribution in [1.29, 1.82) is 0 Å². The smallest absolute Gasteiger partial charge is 0.209 e. The van der Waals surface area contributed by atoms with E-state index in [-0.39, 0.29) is 0 Å². The molecule has 0 aliphatic carbocycles. The van der Waals surface area contributed by atoms with Gasteiger partial charge in [0.05, 0.1) is 11.4 Å². The predicted octanol–water partition coefficient (Wildman–Crippen LogP) is 4.38. The van der Waals surface area contributed by atoms with Gasteiger partial charge < -0.3 is 14.7 Å². The minimum atomic E-state index is 0.376. The van der Waals surface area contributed by atoms with Crippen molar-refractivity contribution in [3.05, 3.63) is 65.3 Å². The molecule has 0 aromatic heterocycles. The van der Waals surface area contributed by atoms with Crippen LogP contribution in [0.4, 0.5) is 11.4 Å². The van der Waals surface area contributed by atoms with Gasteiger partial charge in [-0.2, -0.15) is 0 Å². The minimum absolute atomic E-state index is 0.376. The lowest BCUT2D eigenvalue weighted by Crippen LogP contribution is -2.39. The number of anilines is 2. The number of rotatable bonds is 5. The van der Waals surface area contributed by atoms with E-state index in [9.17, 15) is 0 Å². The van der Waals surface area contributed by atoms with E-state index >= 15 is 0 Å². The Labute approximate surface area is 152 Å². The Morgan fingerprint density at radius 2 is 1.60 bits per heavy atom. The standard InChI is InChI=1S/C22H29N3/c1-16-11-17(2)20(18(3)12-16)14-24-15-25(19(4)13-23(5)6)22-10-8-7-9-21(22)24/h7-12,19H,13-14H2,1-6H3. The van der Waals surface area contributed by atoms with Gasteiger partial charge in [-0.15, -0.1) is 0 Å². The number of aryl methyl sites for hydroxylation is 3. The van der Waals surface area contributed by atoms with Crippen molar-refractivity contribution >= 4 is 11.4 Å². The van der Waals surface area contributed by atoms with E-state index < -0.39 is 0 Å². The molecule has 25 heavy (non-hydrogen) atoms. The van der Waals surface area contributed by atoms with Crippen molar-refractivity contribution in [3.8, 4) is 0 Å². The van der Waals surface area contributed by atoms with Crippen LogP contribution in [-0.2, 0) is 6.54 Å². The van der Waals surface area contributed by atoms with Crippen LogP contribution in [0.5, 0.6) is 0 Å². The van der Waals surface area contributed by atoms with Crippen molar-refractivity contribution in [2.24, 2.45) is 0 Å². The van der Waals surface area contributed by atoms with Crippen LogP contribution in [0, 0.1) is 27.4 Å². The first-order chi connectivity index (χ1) is 11.9. The molecule has 0 saturated carbocycles. The largest absolute Gasteiger partial charge is 0.335 e. The van der Waals surface area contributed by atoms with Gasteiger partial charge in [0.2, 0.25) is 6.67 Å². The molecule has 132 valence electrons. The molecule has 0 N–H and O–H groups in total. The summed E-state index contributed by atoms with van der Waals surface area (Å²) in [6, 6.07) is 13.5. The van der Waals surface area contributed by atoms with Gasteiger partial charge in [0.15, 0.2) is 0 Å². The minimum Gasteiger partial charge on any atom is -0.335 e. The lowest BCUT2D eigenvalue weighted by atomic mass is 9.99.